The van der Waals surface area contributed by atoms with E-state index in [0.717, 1.165) is 44.8 Å². The van der Waals surface area contributed by atoms with Crippen molar-refractivity contribution in [2.45, 2.75) is 24.7 Å². The van der Waals surface area contributed by atoms with E-state index in [0.29, 0.717) is 5.92 Å². The number of hydrogen-bond acceptors (Lipinski definition) is 3. The zero-order chi connectivity index (χ0) is 21.8. The molecule has 3 aromatic rings. The van der Waals surface area contributed by atoms with Crippen molar-refractivity contribution in [1.29, 1.82) is 0 Å². The van der Waals surface area contributed by atoms with Crippen LogP contribution in [0.4, 0.5) is 0 Å². The van der Waals surface area contributed by atoms with E-state index in [2.05, 4.69) is 95.0 Å². The standard InChI is InChI=1S/C29H32N2O/c1-30-22-29(25-8-4-2-5-9-25,26-10-6-3-7-11-26)27-15-18-31(21-27)17-14-23-12-13-28-24(20-23)16-19-32-28/h2-13,20,22,27H,14-19,21H2,1H3/t27-/m1/s1. The third kappa shape index (κ3) is 3.98. The van der Waals surface area contributed by atoms with Crippen molar-refractivity contribution in [3.05, 3.63) is 101 Å². The molecule has 0 unspecified atom stereocenters. The minimum absolute atomic E-state index is 0.197. The lowest BCUT2D eigenvalue weighted by Crippen LogP contribution is -2.40. The maximum Gasteiger partial charge on any atom is 0.122 e. The maximum atomic E-state index is 5.67. The topological polar surface area (TPSA) is 24.8 Å². The molecule has 0 aliphatic carbocycles. The van der Waals surface area contributed by atoms with Gasteiger partial charge in [0.15, 0.2) is 0 Å². The average Bonchev–Trinajstić information content (AvgIpc) is 3.52. The van der Waals surface area contributed by atoms with Gasteiger partial charge < -0.3 is 9.64 Å². The van der Waals surface area contributed by atoms with Gasteiger partial charge in [-0.1, -0.05) is 72.8 Å². The van der Waals surface area contributed by atoms with Gasteiger partial charge in [0.05, 0.1) is 12.0 Å². The van der Waals surface area contributed by atoms with Crippen LogP contribution in [0.15, 0.2) is 83.9 Å². The van der Waals surface area contributed by atoms with Crippen molar-refractivity contribution in [2.75, 3.05) is 33.3 Å². The van der Waals surface area contributed by atoms with Gasteiger partial charge in [0.2, 0.25) is 0 Å². The molecule has 164 valence electrons. The van der Waals surface area contributed by atoms with Crippen molar-refractivity contribution < 1.29 is 4.74 Å². The highest BCUT2D eigenvalue weighted by Crippen LogP contribution is 2.42. The van der Waals surface area contributed by atoms with E-state index in [-0.39, 0.29) is 5.41 Å². The molecule has 1 fully saturated rings. The molecular weight excluding hydrogens is 392 g/mol. The molecule has 3 nitrogen and oxygen atoms in total. The van der Waals surface area contributed by atoms with Crippen molar-refractivity contribution in [2.24, 2.45) is 10.9 Å². The van der Waals surface area contributed by atoms with E-state index in [1.165, 1.54) is 28.7 Å². The van der Waals surface area contributed by atoms with Gasteiger partial charge in [-0.3, -0.25) is 4.99 Å². The van der Waals surface area contributed by atoms with Gasteiger partial charge in [-0.05, 0) is 53.6 Å². The molecule has 2 aliphatic heterocycles. The predicted octanol–water partition coefficient (Wildman–Crippen LogP) is 5.17. The molecule has 0 spiro atoms. The second-order valence-corrected chi connectivity index (χ2v) is 9.07. The summed E-state index contributed by atoms with van der Waals surface area (Å²) in [4.78, 5) is 7.24. The van der Waals surface area contributed by atoms with Crippen molar-refractivity contribution >= 4 is 6.21 Å². The van der Waals surface area contributed by atoms with Crippen LogP contribution in [0.2, 0.25) is 0 Å². The summed E-state index contributed by atoms with van der Waals surface area (Å²) in [6.45, 7) is 4.15. The number of benzene rings is 3. The van der Waals surface area contributed by atoms with Gasteiger partial charge in [-0.15, -0.1) is 0 Å². The predicted molar refractivity (Wildman–Crippen MR) is 132 cm³/mol. The molecule has 0 saturated carbocycles. The molecule has 2 heterocycles. The Morgan fingerprint density at radius 1 is 1.00 bits per heavy atom. The van der Waals surface area contributed by atoms with Crippen LogP contribution in [0.3, 0.4) is 0 Å². The summed E-state index contributed by atoms with van der Waals surface area (Å²) in [7, 11) is 1.91. The van der Waals surface area contributed by atoms with Crippen molar-refractivity contribution in [3.63, 3.8) is 0 Å². The Bertz CT molecular complexity index is 1020. The fraction of sp³-hybridized carbons (Fsp3) is 0.345. The van der Waals surface area contributed by atoms with E-state index in [4.69, 9.17) is 4.74 Å². The van der Waals surface area contributed by atoms with Crippen molar-refractivity contribution in [3.8, 4) is 5.75 Å². The number of likely N-dealkylation sites (tertiary alicyclic amines) is 1. The Morgan fingerprint density at radius 2 is 1.72 bits per heavy atom. The van der Waals surface area contributed by atoms with E-state index in [9.17, 15) is 0 Å². The van der Waals surface area contributed by atoms with Crippen LogP contribution in [0, 0.1) is 5.92 Å². The van der Waals surface area contributed by atoms with Crippen LogP contribution in [0.25, 0.3) is 0 Å². The number of hydrogen-bond donors (Lipinski definition) is 0. The lowest BCUT2D eigenvalue weighted by Gasteiger charge is -2.37. The summed E-state index contributed by atoms with van der Waals surface area (Å²) in [6, 6.07) is 28.6. The second kappa shape index (κ2) is 9.30. The van der Waals surface area contributed by atoms with Crippen LogP contribution in [0.1, 0.15) is 28.7 Å². The van der Waals surface area contributed by atoms with Gasteiger partial charge in [0.25, 0.3) is 0 Å². The highest BCUT2D eigenvalue weighted by Gasteiger charge is 2.43. The van der Waals surface area contributed by atoms with Crippen LogP contribution < -0.4 is 4.74 Å². The van der Waals surface area contributed by atoms with E-state index in [1.54, 1.807) is 0 Å². The summed E-state index contributed by atoms with van der Waals surface area (Å²) in [5.74, 6) is 1.56. The molecule has 0 amide bonds. The molecule has 1 saturated heterocycles. The largest absolute Gasteiger partial charge is 0.493 e. The highest BCUT2D eigenvalue weighted by atomic mass is 16.5. The lowest BCUT2D eigenvalue weighted by atomic mass is 9.66. The minimum Gasteiger partial charge on any atom is -0.493 e. The summed E-state index contributed by atoms with van der Waals surface area (Å²) < 4.78 is 5.67. The van der Waals surface area contributed by atoms with Crippen LogP contribution in [-0.4, -0.2) is 44.4 Å². The molecule has 0 bridgehead atoms. The molecule has 1 atom stereocenters. The fourth-order valence-corrected chi connectivity index (χ4v) is 5.61. The summed E-state index contributed by atoms with van der Waals surface area (Å²) >= 11 is 0. The third-order valence-electron chi connectivity index (χ3n) is 7.22. The SMILES string of the molecule is CN=CC(c1ccccc1)(c1ccccc1)[C@@H]1CCN(CCc2ccc3c(c2)CCO3)C1. The molecule has 0 N–H and O–H groups in total. The number of nitrogens with zero attached hydrogens (tertiary/aromatic N) is 2. The smallest absolute Gasteiger partial charge is 0.122 e. The van der Waals surface area contributed by atoms with E-state index >= 15 is 0 Å². The van der Waals surface area contributed by atoms with E-state index in [1.807, 2.05) is 7.05 Å². The van der Waals surface area contributed by atoms with Crippen LogP contribution in [-0.2, 0) is 18.3 Å². The highest BCUT2D eigenvalue weighted by molar-refractivity contribution is 5.80. The molecule has 3 aromatic carbocycles. The maximum absolute atomic E-state index is 5.67. The second-order valence-electron chi connectivity index (χ2n) is 9.07. The quantitative estimate of drug-likeness (QED) is 0.489. The molecule has 32 heavy (non-hydrogen) atoms. The van der Waals surface area contributed by atoms with Gasteiger partial charge in [0.1, 0.15) is 5.75 Å². The Kier molecular flexibility index (Phi) is 6.09. The van der Waals surface area contributed by atoms with Crippen LogP contribution in [0.5, 0.6) is 5.75 Å². The Labute approximate surface area is 191 Å². The first-order chi connectivity index (χ1) is 15.8. The molecule has 2 aliphatic rings. The minimum atomic E-state index is -0.197. The normalized spacial score (nSPS) is 18.7. The molecule has 0 radical (unpaired) electrons. The lowest BCUT2D eigenvalue weighted by molar-refractivity contribution is 0.313. The van der Waals surface area contributed by atoms with Gasteiger partial charge >= 0.3 is 0 Å². The number of aliphatic imine (C=N–C) groups is 1. The first-order valence-electron chi connectivity index (χ1n) is 11.8. The zero-order valence-electron chi connectivity index (χ0n) is 18.9. The van der Waals surface area contributed by atoms with Gasteiger partial charge in [-0.25, -0.2) is 0 Å². The average molecular weight is 425 g/mol. The molecular formula is C29H32N2O. The summed E-state index contributed by atoms with van der Waals surface area (Å²) in [5.41, 5.74) is 5.26. The van der Waals surface area contributed by atoms with E-state index < -0.39 is 0 Å². The molecule has 5 rings (SSSR count). The Hall–Kier alpha value is -2.91. The summed E-state index contributed by atoms with van der Waals surface area (Å²) in [6.07, 6.45) is 5.51. The fourth-order valence-electron chi connectivity index (χ4n) is 5.61. The first-order valence-corrected chi connectivity index (χ1v) is 11.8. The number of rotatable bonds is 7. The molecule has 0 aromatic heterocycles. The first kappa shape index (κ1) is 21.0. The van der Waals surface area contributed by atoms with Crippen LogP contribution >= 0.6 is 0 Å². The van der Waals surface area contributed by atoms with Crippen molar-refractivity contribution in [1.82, 2.24) is 4.90 Å². The van der Waals surface area contributed by atoms with Gasteiger partial charge in [0, 0.05) is 32.8 Å². The monoisotopic (exact) mass is 424 g/mol. The third-order valence-corrected chi connectivity index (χ3v) is 7.22. The number of fused-ring (bicyclic) bond motifs is 1. The summed E-state index contributed by atoms with van der Waals surface area (Å²) in [5, 5.41) is 0. The zero-order valence-corrected chi connectivity index (χ0v) is 18.9. The Morgan fingerprint density at radius 3 is 2.41 bits per heavy atom. The Balaban J connectivity index is 1.37. The van der Waals surface area contributed by atoms with Gasteiger partial charge in [-0.2, -0.15) is 0 Å². The molecule has 3 heteroatoms. The number of ether oxygens (including phenoxy) is 1.